The molecule has 0 radical (unpaired) electrons. The van der Waals surface area contributed by atoms with Crippen molar-refractivity contribution < 1.29 is 9.59 Å². The quantitative estimate of drug-likeness (QED) is 0.427. The highest BCUT2D eigenvalue weighted by Crippen LogP contribution is 2.12. The normalized spacial score (nSPS) is 18.6. The molecule has 3 rings (SSSR count). The van der Waals surface area contributed by atoms with Crippen molar-refractivity contribution >= 4 is 23.7 Å². The summed E-state index contributed by atoms with van der Waals surface area (Å²) in [6.07, 6.45) is 1.80. The Morgan fingerprint density at radius 3 is 2.68 bits per heavy atom. The smallest absolute Gasteiger partial charge is 0.324 e. The maximum absolute atomic E-state index is 11.6. The second-order valence-corrected chi connectivity index (χ2v) is 5.84. The van der Waals surface area contributed by atoms with Crippen LogP contribution in [-0.2, 0) is 4.79 Å². The Labute approximate surface area is 146 Å². The predicted octanol–water partition coefficient (Wildman–Crippen LogP) is -0.669. The first-order chi connectivity index (χ1) is 12.2. The lowest BCUT2D eigenvalue weighted by atomic mass is 10.3. The molecule has 0 aromatic carbocycles. The van der Waals surface area contributed by atoms with Gasteiger partial charge < -0.3 is 20.4 Å². The van der Waals surface area contributed by atoms with Crippen LogP contribution >= 0.6 is 0 Å². The molecule has 2 N–H and O–H groups in total. The van der Waals surface area contributed by atoms with Gasteiger partial charge in [0.15, 0.2) is 5.96 Å². The molecule has 1 aromatic rings. The molecule has 2 aliphatic heterocycles. The van der Waals surface area contributed by atoms with Crippen molar-refractivity contribution in [2.24, 2.45) is 4.99 Å². The number of aliphatic imine (C=N–C) groups is 1. The lowest BCUT2D eigenvalue weighted by molar-refractivity contribution is -0.124. The van der Waals surface area contributed by atoms with Gasteiger partial charge in [-0.15, -0.1) is 0 Å². The number of rotatable bonds is 4. The van der Waals surface area contributed by atoms with Crippen molar-refractivity contribution in [3.8, 4) is 0 Å². The van der Waals surface area contributed by atoms with E-state index < -0.39 is 0 Å². The summed E-state index contributed by atoms with van der Waals surface area (Å²) in [7, 11) is 1.74. The Morgan fingerprint density at radius 2 is 2.08 bits per heavy atom. The Hall–Kier alpha value is -2.84. The molecule has 0 saturated carbocycles. The van der Waals surface area contributed by atoms with Gasteiger partial charge in [-0.25, -0.2) is 9.78 Å². The minimum atomic E-state index is -0.328. The molecule has 9 heteroatoms. The second-order valence-electron chi connectivity index (χ2n) is 5.84. The van der Waals surface area contributed by atoms with Crippen LogP contribution in [0.4, 0.5) is 10.6 Å². The summed E-state index contributed by atoms with van der Waals surface area (Å²) < 4.78 is 0. The van der Waals surface area contributed by atoms with Crippen LogP contribution in [0, 0.1) is 0 Å². The molecule has 3 heterocycles. The largest absolute Gasteiger partial charge is 0.354 e. The van der Waals surface area contributed by atoms with E-state index in [9.17, 15) is 9.59 Å². The molecular weight excluding hydrogens is 322 g/mol. The van der Waals surface area contributed by atoms with Gasteiger partial charge in [-0.3, -0.25) is 14.7 Å². The molecule has 9 nitrogen and oxygen atoms in total. The molecule has 0 spiro atoms. The number of hydrogen-bond donors (Lipinski definition) is 2. The fourth-order valence-corrected chi connectivity index (χ4v) is 2.98. The molecule has 1 aromatic heterocycles. The predicted molar refractivity (Wildman–Crippen MR) is 94.5 cm³/mol. The van der Waals surface area contributed by atoms with Crippen molar-refractivity contribution in [3.63, 3.8) is 0 Å². The third kappa shape index (κ3) is 3.98. The number of nitrogens with one attached hydrogen (secondary N) is 2. The average Bonchev–Trinajstić information content (AvgIpc) is 2.98. The first-order valence-corrected chi connectivity index (χ1v) is 8.39. The van der Waals surface area contributed by atoms with Crippen molar-refractivity contribution in [1.82, 2.24) is 25.4 Å². The number of nitrogens with zero attached hydrogens (tertiary/aromatic N) is 5. The molecule has 0 bridgehead atoms. The van der Waals surface area contributed by atoms with Gasteiger partial charge in [0.2, 0.25) is 5.91 Å². The van der Waals surface area contributed by atoms with Gasteiger partial charge in [-0.05, 0) is 12.1 Å². The Balaban J connectivity index is 1.46. The highest BCUT2D eigenvalue weighted by molar-refractivity contribution is 6.01. The number of guanidine groups is 1. The van der Waals surface area contributed by atoms with E-state index in [1.807, 2.05) is 18.2 Å². The van der Waals surface area contributed by atoms with E-state index in [-0.39, 0.29) is 18.5 Å². The average molecular weight is 345 g/mol. The Kier molecular flexibility index (Phi) is 5.32. The number of hydrogen-bond acceptors (Lipinski definition) is 5. The van der Waals surface area contributed by atoms with E-state index in [2.05, 4.69) is 30.4 Å². The van der Waals surface area contributed by atoms with Gasteiger partial charge >= 0.3 is 6.03 Å². The van der Waals surface area contributed by atoms with Crippen LogP contribution in [0.15, 0.2) is 29.4 Å². The van der Waals surface area contributed by atoms with Crippen LogP contribution in [0.3, 0.4) is 0 Å². The summed E-state index contributed by atoms with van der Waals surface area (Å²) in [5.41, 5.74) is 0. The summed E-state index contributed by atoms with van der Waals surface area (Å²) in [4.78, 5) is 37.4. The van der Waals surface area contributed by atoms with Gasteiger partial charge in [0.1, 0.15) is 5.82 Å². The third-order valence-electron chi connectivity index (χ3n) is 4.32. The van der Waals surface area contributed by atoms with Crippen LogP contribution in [0.1, 0.15) is 0 Å². The molecule has 25 heavy (non-hydrogen) atoms. The van der Waals surface area contributed by atoms with Crippen molar-refractivity contribution in [1.29, 1.82) is 0 Å². The zero-order valence-corrected chi connectivity index (χ0v) is 14.3. The molecular formula is C16H23N7O2. The summed E-state index contributed by atoms with van der Waals surface area (Å²) >= 11 is 0. The zero-order chi connectivity index (χ0) is 17.6. The summed E-state index contributed by atoms with van der Waals surface area (Å²) in [5.74, 6) is 1.59. The van der Waals surface area contributed by atoms with E-state index in [1.165, 1.54) is 4.90 Å². The van der Waals surface area contributed by atoms with Crippen molar-refractivity contribution in [2.45, 2.75) is 0 Å². The number of amides is 3. The van der Waals surface area contributed by atoms with Gasteiger partial charge in [-0.2, -0.15) is 0 Å². The lowest BCUT2D eigenvalue weighted by Gasteiger charge is -2.37. The Bertz CT molecular complexity index is 625. The zero-order valence-electron chi connectivity index (χ0n) is 14.3. The highest BCUT2D eigenvalue weighted by atomic mass is 16.2. The lowest BCUT2D eigenvalue weighted by Crippen LogP contribution is -2.53. The number of carbonyl (C=O) groups excluding carboxylic acids is 2. The number of anilines is 1. The number of carbonyl (C=O) groups is 2. The van der Waals surface area contributed by atoms with Crippen LogP contribution in [0.2, 0.25) is 0 Å². The second kappa shape index (κ2) is 7.82. The van der Waals surface area contributed by atoms with Crippen LogP contribution in [0.5, 0.6) is 0 Å². The molecule has 0 unspecified atom stereocenters. The summed E-state index contributed by atoms with van der Waals surface area (Å²) in [5, 5.41) is 5.74. The molecule has 0 aliphatic carbocycles. The van der Waals surface area contributed by atoms with E-state index >= 15 is 0 Å². The van der Waals surface area contributed by atoms with Gasteiger partial charge in [0, 0.05) is 52.5 Å². The van der Waals surface area contributed by atoms with E-state index in [0.29, 0.717) is 13.1 Å². The SMILES string of the molecule is CN=C(NCCN1C(=O)CNC1=O)N1CCN(c2ccccn2)CC1. The Morgan fingerprint density at radius 1 is 1.28 bits per heavy atom. The monoisotopic (exact) mass is 345 g/mol. The van der Waals surface area contributed by atoms with Crippen LogP contribution in [-0.4, -0.2) is 85.5 Å². The number of aromatic nitrogens is 1. The molecule has 2 aliphatic rings. The highest BCUT2D eigenvalue weighted by Gasteiger charge is 2.28. The third-order valence-corrected chi connectivity index (χ3v) is 4.32. The summed E-state index contributed by atoms with van der Waals surface area (Å²) in [6.45, 7) is 4.29. The number of pyridine rings is 1. The fourth-order valence-electron chi connectivity index (χ4n) is 2.98. The van der Waals surface area contributed by atoms with Gasteiger partial charge in [-0.1, -0.05) is 6.07 Å². The topological polar surface area (TPSA) is 93.2 Å². The first-order valence-electron chi connectivity index (χ1n) is 8.39. The van der Waals surface area contributed by atoms with Crippen molar-refractivity contribution in [3.05, 3.63) is 24.4 Å². The summed E-state index contributed by atoms with van der Waals surface area (Å²) in [6, 6.07) is 5.59. The van der Waals surface area contributed by atoms with E-state index in [1.54, 1.807) is 13.2 Å². The van der Waals surface area contributed by atoms with E-state index in [4.69, 9.17) is 0 Å². The first kappa shape index (κ1) is 17.0. The van der Waals surface area contributed by atoms with Gasteiger partial charge in [0.05, 0.1) is 6.54 Å². The molecule has 0 atom stereocenters. The number of piperazine rings is 1. The molecule has 2 saturated heterocycles. The standard InChI is InChI=1S/C16H23N7O2/c1-17-15(19-6-7-23-14(24)12-20-16(23)25)22-10-8-21(9-11-22)13-4-2-3-5-18-13/h2-5H,6-12H2,1H3,(H,17,19)(H,20,25). The van der Waals surface area contributed by atoms with Crippen LogP contribution < -0.4 is 15.5 Å². The minimum Gasteiger partial charge on any atom is -0.354 e. The molecule has 2 fully saturated rings. The fraction of sp³-hybridized carbons (Fsp3) is 0.500. The minimum absolute atomic E-state index is 0.0863. The van der Waals surface area contributed by atoms with Crippen LogP contribution in [0.25, 0.3) is 0 Å². The maximum Gasteiger partial charge on any atom is 0.324 e. The maximum atomic E-state index is 11.6. The number of urea groups is 1. The molecule has 3 amide bonds. The molecule has 134 valence electrons. The number of imide groups is 1. The van der Waals surface area contributed by atoms with Crippen molar-refractivity contribution in [2.75, 3.05) is 57.8 Å². The van der Waals surface area contributed by atoms with Gasteiger partial charge in [0.25, 0.3) is 0 Å². The van der Waals surface area contributed by atoms with E-state index in [0.717, 1.165) is 38.0 Å².